The fourth-order valence-electron chi connectivity index (χ4n) is 4.93. The molecule has 1 aromatic heterocycles. The second kappa shape index (κ2) is 18.1. The summed E-state index contributed by atoms with van der Waals surface area (Å²) in [6, 6.07) is 9.27. The van der Waals surface area contributed by atoms with Gasteiger partial charge in [0.15, 0.2) is 6.61 Å². The van der Waals surface area contributed by atoms with Crippen molar-refractivity contribution in [3.63, 3.8) is 0 Å². The zero-order chi connectivity index (χ0) is 40.7. The van der Waals surface area contributed by atoms with Crippen molar-refractivity contribution in [2.75, 3.05) is 12.4 Å². The molecule has 0 aliphatic carbocycles. The molecular formula is C35H39F11O7S. The lowest BCUT2D eigenvalue weighted by Gasteiger charge is -2.28. The summed E-state index contributed by atoms with van der Waals surface area (Å²) in [7, 11) is 0. The maximum absolute atomic E-state index is 14.4. The van der Waals surface area contributed by atoms with Crippen LogP contribution in [0.3, 0.4) is 0 Å². The maximum Gasteiger partial charge on any atom is 0.573 e. The number of benzene rings is 2. The second-order valence-corrected chi connectivity index (χ2v) is 14.0. The highest BCUT2D eigenvalue weighted by Crippen LogP contribution is 2.41. The molecular weight excluding hydrogens is 773 g/mol. The Morgan fingerprint density at radius 1 is 0.796 bits per heavy atom. The van der Waals surface area contributed by atoms with Crippen molar-refractivity contribution < 1.29 is 81.2 Å². The molecule has 304 valence electrons. The van der Waals surface area contributed by atoms with Crippen LogP contribution in [0.5, 0.6) is 5.75 Å². The van der Waals surface area contributed by atoms with Gasteiger partial charge in [0.2, 0.25) is 0 Å². The Morgan fingerprint density at radius 2 is 1.44 bits per heavy atom. The summed E-state index contributed by atoms with van der Waals surface area (Å²) in [6.07, 6.45) is -23.6. The van der Waals surface area contributed by atoms with Crippen LogP contribution in [-0.2, 0) is 30.2 Å². The van der Waals surface area contributed by atoms with Crippen LogP contribution in [0.15, 0.2) is 51.8 Å². The summed E-state index contributed by atoms with van der Waals surface area (Å²) in [6.45, 7) is 6.64. The fraction of sp³-hybridized carbons (Fsp3) is 0.571. The van der Waals surface area contributed by atoms with Gasteiger partial charge in [-0.2, -0.15) is 17.6 Å². The lowest BCUT2D eigenvalue weighted by molar-refractivity contribution is -0.572. The molecule has 7 nitrogen and oxygen atoms in total. The summed E-state index contributed by atoms with van der Waals surface area (Å²) in [5, 5.41) is 0.311. The molecule has 19 heteroatoms. The number of unbranched alkanes of at least 4 members (excludes halogenated alkanes) is 2. The lowest BCUT2D eigenvalue weighted by atomic mass is 9.89. The van der Waals surface area contributed by atoms with E-state index in [4.69, 9.17) is 4.42 Å². The van der Waals surface area contributed by atoms with Crippen LogP contribution >= 0.6 is 11.8 Å². The van der Waals surface area contributed by atoms with Crippen molar-refractivity contribution in [2.45, 2.75) is 103 Å². The molecule has 2 unspecified atom stereocenters. The number of rotatable bonds is 21. The number of halogens is 11. The van der Waals surface area contributed by atoms with Gasteiger partial charge in [-0.15, -0.1) is 42.5 Å². The number of carbonyl (C=O) groups excluding carboxylic acids is 1. The van der Waals surface area contributed by atoms with Crippen LogP contribution in [0.2, 0.25) is 0 Å². The van der Waals surface area contributed by atoms with Crippen LogP contribution in [-0.4, -0.2) is 49.5 Å². The van der Waals surface area contributed by atoms with Crippen molar-refractivity contribution in [1.82, 2.24) is 0 Å². The Morgan fingerprint density at radius 3 is 2.06 bits per heavy atom. The predicted molar refractivity (Wildman–Crippen MR) is 174 cm³/mol. The minimum absolute atomic E-state index is 0.0131. The number of ether oxygens (including phenoxy) is 5. The van der Waals surface area contributed by atoms with Crippen molar-refractivity contribution in [1.29, 1.82) is 0 Å². The molecule has 0 aliphatic heterocycles. The average Bonchev–Trinajstić information content (AvgIpc) is 3.43. The number of hydrogen-bond acceptors (Lipinski definition) is 8. The number of thioether (sulfide) groups is 1. The van der Waals surface area contributed by atoms with Gasteiger partial charge in [-0.1, -0.05) is 53.5 Å². The highest BCUT2D eigenvalue weighted by atomic mass is 32.2. The summed E-state index contributed by atoms with van der Waals surface area (Å²) >= 11 is 0.170. The first-order valence-electron chi connectivity index (χ1n) is 16.6. The third-order valence-corrected chi connectivity index (χ3v) is 8.99. The first kappa shape index (κ1) is 45.1. The number of alkyl halides is 11. The van der Waals surface area contributed by atoms with Gasteiger partial charge >= 0.3 is 37.1 Å². The van der Waals surface area contributed by atoms with Crippen molar-refractivity contribution >= 4 is 28.7 Å². The number of hydrogen-bond donors (Lipinski definition) is 0. The summed E-state index contributed by atoms with van der Waals surface area (Å²) in [4.78, 5) is 11.9. The minimum Gasteiger partial charge on any atom is -0.456 e. The SMILES string of the molecule is CCCCCc1ccc(-c2cc3ccc(SCC(F)(F)OC(F)(F)OC(F)(F)OC(F)(F)COC(=O)C(C)CC(C)C(C)C)cc3o2)c(OC(F)(F)F)c1. The van der Waals surface area contributed by atoms with Gasteiger partial charge in [0.05, 0.1) is 17.2 Å². The quantitative estimate of drug-likeness (QED) is 0.0346. The molecule has 0 bridgehead atoms. The van der Waals surface area contributed by atoms with Crippen molar-refractivity contribution in [3.8, 4) is 17.1 Å². The van der Waals surface area contributed by atoms with E-state index in [1.165, 1.54) is 37.3 Å². The molecule has 0 N–H and O–H groups in total. The third-order valence-electron chi connectivity index (χ3n) is 7.93. The normalized spacial score (nSPS) is 14.5. The van der Waals surface area contributed by atoms with Crippen molar-refractivity contribution in [3.05, 3.63) is 48.0 Å². The van der Waals surface area contributed by atoms with Gasteiger partial charge < -0.3 is 13.9 Å². The van der Waals surface area contributed by atoms with Gasteiger partial charge in [0.25, 0.3) is 0 Å². The zero-order valence-corrected chi connectivity index (χ0v) is 30.5. The smallest absolute Gasteiger partial charge is 0.456 e. The van der Waals surface area contributed by atoms with Gasteiger partial charge in [0.1, 0.15) is 17.1 Å². The first-order valence-corrected chi connectivity index (χ1v) is 17.6. The van der Waals surface area contributed by atoms with Crippen LogP contribution < -0.4 is 4.74 Å². The van der Waals surface area contributed by atoms with Crippen LogP contribution in [0.1, 0.15) is 65.9 Å². The van der Waals surface area contributed by atoms with E-state index in [1.807, 2.05) is 20.8 Å². The van der Waals surface area contributed by atoms with E-state index in [2.05, 4.69) is 23.7 Å². The summed E-state index contributed by atoms with van der Waals surface area (Å²) < 4.78 is 175. The van der Waals surface area contributed by atoms with Crippen LogP contribution in [0.4, 0.5) is 48.3 Å². The highest BCUT2D eigenvalue weighted by molar-refractivity contribution is 7.99. The number of furan rings is 1. The number of aryl methyl sites for hydroxylation is 1. The molecule has 0 saturated heterocycles. The fourth-order valence-corrected chi connectivity index (χ4v) is 5.67. The molecule has 2 atom stereocenters. The summed E-state index contributed by atoms with van der Waals surface area (Å²) in [5.41, 5.74) is 0.505. The van der Waals surface area contributed by atoms with Crippen LogP contribution in [0.25, 0.3) is 22.3 Å². The Labute approximate surface area is 307 Å². The van der Waals surface area contributed by atoms with Crippen molar-refractivity contribution in [2.24, 2.45) is 17.8 Å². The van der Waals surface area contributed by atoms with Gasteiger partial charge in [-0.25, -0.2) is 14.2 Å². The molecule has 2 aromatic carbocycles. The molecule has 3 rings (SSSR count). The molecule has 0 spiro atoms. The largest absolute Gasteiger partial charge is 0.573 e. The maximum atomic E-state index is 14.4. The molecule has 0 fully saturated rings. The van der Waals surface area contributed by atoms with E-state index in [9.17, 15) is 53.1 Å². The van der Waals surface area contributed by atoms with Gasteiger partial charge in [-0.3, -0.25) is 4.79 Å². The monoisotopic (exact) mass is 812 g/mol. The van der Waals surface area contributed by atoms with E-state index < -0.39 is 61.2 Å². The number of fused-ring (bicyclic) bond motifs is 1. The minimum atomic E-state index is -5.91. The molecule has 3 aromatic rings. The Hall–Kier alpha value is -3.29. The highest BCUT2D eigenvalue weighted by Gasteiger charge is 2.57. The molecule has 54 heavy (non-hydrogen) atoms. The van der Waals surface area contributed by atoms with E-state index in [-0.39, 0.29) is 51.8 Å². The standard InChI is InChI=1S/C35H39F11O7S/c1-6-7-8-9-23-10-13-26(29(15-23)50-33(40,41)42)28-16-24-11-12-25(17-27(24)49-28)54-19-32(38,39)52-35(45,46)53-34(43,44)51-31(36,37)18-48-30(47)22(5)14-21(4)20(2)3/h10-13,15-17,20-22H,6-9,14,18-19H2,1-5H3. The molecule has 0 amide bonds. The topological polar surface area (TPSA) is 76.4 Å². The zero-order valence-electron chi connectivity index (χ0n) is 29.6. The summed E-state index contributed by atoms with van der Waals surface area (Å²) in [5.74, 6) is -4.32. The van der Waals surface area contributed by atoms with Gasteiger partial charge in [0, 0.05) is 10.3 Å². The van der Waals surface area contributed by atoms with Crippen LogP contribution in [0, 0.1) is 17.8 Å². The molecule has 0 aliphatic rings. The number of carbonyl (C=O) groups is 1. The molecule has 0 saturated carbocycles. The Balaban J connectivity index is 1.63. The Bertz CT molecular complexity index is 1680. The van der Waals surface area contributed by atoms with E-state index in [1.54, 1.807) is 13.0 Å². The Kier molecular flexibility index (Phi) is 15.1. The second-order valence-electron chi connectivity index (χ2n) is 12.9. The molecule has 1 heterocycles. The number of esters is 1. The van der Waals surface area contributed by atoms with E-state index in [0.29, 0.717) is 17.4 Å². The predicted octanol–water partition coefficient (Wildman–Crippen LogP) is 12.0. The van der Waals surface area contributed by atoms with E-state index >= 15 is 0 Å². The van der Waals surface area contributed by atoms with Gasteiger partial charge in [-0.05, 0) is 73.1 Å². The lowest BCUT2D eigenvalue weighted by Crippen LogP contribution is -2.46. The third kappa shape index (κ3) is 14.7. The first-order chi connectivity index (χ1) is 24.8. The average molecular weight is 813 g/mol. The molecule has 0 radical (unpaired) electrons. The van der Waals surface area contributed by atoms with E-state index in [0.717, 1.165) is 25.3 Å².